The van der Waals surface area contributed by atoms with Gasteiger partial charge in [-0.05, 0) is 31.4 Å². The van der Waals surface area contributed by atoms with Gasteiger partial charge in [-0.25, -0.2) is 19.4 Å². The lowest BCUT2D eigenvalue weighted by Crippen LogP contribution is -2.54. The van der Waals surface area contributed by atoms with E-state index in [4.69, 9.17) is 0 Å². The Balaban J connectivity index is 1.60. The predicted molar refractivity (Wildman–Crippen MR) is 94.0 cm³/mol. The maximum absolute atomic E-state index is 12.5. The fraction of sp³-hybridized carbons (Fsp3) is 0.529. The third kappa shape index (κ3) is 3.16. The van der Waals surface area contributed by atoms with Gasteiger partial charge in [0, 0.05) is 32.9 Å². The minimum atomic E-state index is -0.460. The minimum Gasteiger partial charge on any atom is -0.465 e. The van der Waals surface area contributed by atoms with Crippen molar-refractivity contribution in [3.05, 3.63) is 23.4 Å². The molecule has 2 aliphatic heterocycles. The first-order chi connectivity index (χ1) is 12.4. The van der Waals surface area contributed by atoms with E-state index >= 15 is 0 Å². The van der Waals surface area contributed by atoms with Gasteiger partial charge in [0.05, 0.1) is 18.2 Å². The molecular formula is C17H23N5O4. The summed E-state index contributed by atoms with van der Waals surface area (Å²) in [6.45, 7) is 3.50. The first kappa shape index (κ1) is 18.0. The summed E-state index contributed by atoms with van der Waals surface area (Å²) in [5, 5.41) is 5.62. The molecule has 2 aliphatic rings. The van der Waals surface area contributed by atoms with Crippen LogP contribution in [0.2, 0.25) is 0 Å². The smallest absolute Gasteiger partial charge is 0.339 e. The summed E-state index contributed by atoms with van der Waals surface area (Å²) in [7, 11) is 3.11. The average Bonchev–Trinajstić information content (AvgIpc) is 2.90. The highest BCUT2D eigenvalue weighted by atomic mass is 16.5. The number of likely N-dealkylation sites (tertiary alicyclic amines) is 1. The van der Waals surface area contributed by atoms with E-state index in [1.54, 1.807) is 29.8 Å². The van der Waals surface area contributed by atoms with Gasteiger partial charge in [-0.3, -0.25) is 5.32 Å². The number of aromatic nitrogens is 1. The molecule has 9 heteroatoms. The number of nitrogens with zero attached hydrogens (tertiary/aromatic N) is 3. The Morgan fingerprint density at radius 3 is 2.58 bits per heavy atom. The SMILES string of the molecule is COC(=O)c1cnc(NC(=O)N2CCC3(CC2)CNC(=O)N3C)cc1C. The third-order valence-electron chi connectivity index (χ3n) is 5.32. The largest absolute Gasteiger partial charge is 0.465 e. The molecule has 1 aromatic heterocycles. The van der Waals surface area contributed by atoms with Crippen LogP contribution in [-0.2, 0) is 4.74 Å². The molecule has 1 spiro atoms. The average molecular weight is 361 g/mol. The van der Waals surface area contributed by atoms with Crippen LogP contribution in [0.1, 0.15) is 28.8 Å². The van der Waals surface area contributed by atoms with E-state index in [0.29, 0.717) is 36.6 Å². The van der Waals surface area contributed by atoms with Gasteiger partial charge in [0.2, 0.25) is 0 Å². The van der Waals surface area contributed by atoms with Crippen LogP contribution in [0.15, 0.2) is 12.3 Å². The highest BCUT2D eigenvalue weighted by Gasteiger charge is 2.45. The molecule has 26 heavy (non-hydrogen) atoms. The van der Waals surface area contributed by atoms with Crippen LogP contribution in [0.5, 0.6) is 0 Å². The summed E-state index contributed by atoms with van der Waals surface area (Å²) >= 11 is 0. The van der Waals surface area contributed by atoms with Crippen molar-refractivity contribution in [2.45, 2.75) is 25.3 Å². The lowest BCUT2D eigenvalue weighted by Gasteiger charge is -2.42. The first-order valence-corrected chi connectivity index (χ1v) is 8.49. The summed E-state index contributed by atoms with van der Waals surface area (Å²) in [6, 6.07) is 1.34. The Labute approximate surface area is 151 Å². The number of piperidine rings is 1. The van der Waals surface area contributed by atoms with Gasteiger partial charge in [-0.2, -0.15) is 0 Å². The highest BCUT2D eigenvalue weighted by molar-refractivity contribution is 5.92. The molecule has 1 aromatic rings. The highest BCUT2D eigenvalue weighted by Crippen LogP contribution is 2.31. The molecular weight excluding hydrogens is 338 g/mol. The molecule has 0 saturated carbocycles. The van der Waals surface area contributed by atoms with Crippen molar-refractivity contribution in [3.63, 3.8) is 0 Å². The summed E-state index contributed by atoms with van der Waals surface area (Å²) in [4.78, 5) is 43.4. The topological polar surface area (TPSA) is 104 Å². The van der Waals surface area contributed by atoms with E-state index in [1.807, 2.05) is 0 Å². The molecule has 0 unspecified atom stereocenters. The van der Waals surface area contributed by atoms with Crippen molar-refractivity contribution in [1.29, 1.82) is 0 Å². The van der Waals surface area contributed by atoms with Crippen LogP contribution in [0.25, 0.3) is 0 Å². The van der Waals surface area contributed by atoms with Gasteiger partial charge in [0.15, 0.2) is 0 Å². The normalized spacial score (nSPS) is 18.7. The van der Waals surface area contributed by atoms with Crippen LogP contribution in [0.4, 0.5) is 15.4 Å². The van der Waals surface area contributed by atoms with E-state index in [0.717, 1.165) is 12.8 Å². The van der Waals surface area contributed by atoms with Gasteiger partial charge >= 0.3 is 18.0 Å². The number of methoxy groups -OCH3 is 1. The van der Waals surface area contributed by atoms with Crippen LogP contribution in [0.3, 0.4) is 0 Å². The van der Waals surface area contributed by atoms with Crippen molar-refractivity contribution >= 4 is 23.8 Å². The zero-order valence-electron chi connectivity index (χ0n) is 15.2. The third-order valence-corrected chi connectivity index (χ3v) is 5.32. The molecule has 2 fully saturated rings. The van der Waals surface area contributed by atoms with Crippen molar-refractivity contribution in [2.75, 3.05) is 39.1 Å². The van der Waals surface area contributed by atoms with Crippen molar-refractivity contribution in [1.82, 2.24) is 20.1 Å². The van der Waals surface area contributed by atoms with E-state index < -0.39 is 5.97 Å². The lowest BCUT2D eigenvalue weighted by molar-refractivity contribution is 0.0599. The van der Waals surface area contributed by atoms with E-state index in [9.17, 15) is 14.4 Å². The second-order valence-electron chi connectivity index (χ2n) is 6.74. The number of aryl methyl sites for hydroxylation is 1. The summed E-state index contributed by atoms with van der Waals surface area (Å²) in [5.41, 5.74) is 0.842. The quantitative estimate of drug-likeness (QED) is 0.770. The van der Waals surface area contributed by atoms with Gasteiger partial charge in [0.1, 0.15) is 5.82 Å². The molecule has 4 amide bonds. The van der Waals surface area contributed by atoms with E-state index in [1.165, 1.54) is 13.3 Å². The van der Waals surface area contributed by atoms with Crippen molar-refractivity contribution < 1.29 is 19.1 Å². The van der Waals surface area contributed by atoms with E-state index in [-0.39, 0.29) is 17.6 Å². The molecule has 0 aliphatic carbocycles. The number of hydrogen-bond acceptors (Lipinski definition) is 5. The number of likely N-dealkylation sites (N-methyl/N-ethyl adjacent to an activating group) is 1. The van der Waals surface area contributed by atoms with Gasteiger partial charge in [0.25, 0.3) is 0 Å². The lowest BCUT2D eigenvalue weighted by atomic mass is 9.87. The van der Waals surface area contributed by atoms with Gasteiger partial charge in [-0.15, -0.1) is 0 Å². The zero-order chi connectivity index (χ0) is 18.9. The Morgan fingerprint density at radius 2 is 2.04 bits per heavy atom. The molecule has 0 bridgehead atoms. The molecule has 3 rings (SSSR count). The number of amides is 4. The fourth-order valence-electron chi connectivity index (χ4n) is 3.47. The van der Waals surface area contributed by atoms with Crippen molar-refractivity contribution in [3.8, 4) is 0 Å². The van der Waals surface area contributed by atoms with Gasteiger partial charge < -0.3 is 19.9 Å². The Morgan fingerprint density at radius 1 is 1.35 bits per heavy atom. The number of ether oxygens (including phenoxy) is 1. The number of hydrogen-bond donors (Lipinski definition) is 2. The Bertz CT molecular complexity index is 743. The molecule has 2 saturated heterocycles. The second kappa shape index (κ2) is 6.81. The number of carbonyl (C=O) groups excluding carboxylic acids is 3. The predicted octanol–water partition coefficient (Wildman–Crippen LogP) is 1.20. The van der Waals surface area contributed by atoms with E-state index in [2.05, 4.69) is 20.4 Å². The number of anilines is 1. The maximum atomic E-state index is 12.5. The molecule has 140 valence electrons. The molecule has 2 N–H and O–H groups in total. The van der Waals surface area contributed by atoms with Crippen LogP contribution < -0.4 is 10.6 Å². The van der Waals surface area contributed by atoms with Crippen LogP contribution in [-0.4, -0.2) is 72.1 Å². The monoisotopic (exact) mass is 361 g/mol. The first-order valence-electron chi connectivity index (χ1n) is 8.49. The molecule has 0 aromatic carbocycles. The summed E-state index contributed by atoms with van der Waals surface area (Å²) in [5.74, 6) is -0.0756. The molecule has 3 heterocycles. The minimum absolute atomic E-state index is 0.0618. The number of urea groups is 2. The summed E-state index contributed by atoms with van der Waals surface area (Å²) < 4.78 is 4.69. The number of rotatable bonds is 2. The van der Waals surface area contributed by atoms with Crippen molar-refractivity contribution in [2.24, 2.45) is 0 Å². The second-order valence-corrected chi connectivity index (χ2v) is 6.74. The molecule has 9 nitrogen and oxygen atoms in total. The molecule has 0 atom stereocenters. The number of pyridine rings is 1. The maximum Gasteiger partial charge on any atom is 0.339 e. The van der Waals surface area contributed by atoms with Gasteiger partial charge in [-0.1, -0.05) is 0 Å². The van der Waals surface area contributed by atoms with Crippen LogP contribution >= 0.6 is 0 Å². The summed E-state index contributed by atoms with van der Waals surface area (Å²) in [6.07, 6.45) is 2.85. The zero-order valence-corrected chi connectivity index (χ0v) is 15.2. The number of nitrogens with one attached hydrogen (secondary N) is 2. The molecule has 0 radical (unpaired) electrons. The number of esters is 1. The van der Waals surface area contributed by atoms with Crippen LogP contribution in [0, 0.1) is 6.92 Å². The fourth-order valence-corrected chi connectivity index (χ4v) is 3.47. The Kier molecular flexibility index (Phi) is 4.71. The standard InChI is InChI=1S/C17H23N5O4/c1-11-8-13(18-9-12(11)14(23)26-3)20-16(25)22-6-4-17(5-7-22)10-19-15(24)21(17)2/h8-9H,4-7,10H2,1-3H3,(H,19,24)(H,18,20,25). The number of carbonyl (C=O) groups is 3. The Hall–Kier alpha value is -2.84.